The first-order chi connectivity index (χ1) is 12.5. The summed E-state index contributed by atoms with van der Waals surface area (Å²) >= 11 is 0. The summed E-state index contributed by atoms with van der Waals surface area (Å²) in [6.07, 6.45) is 1.34. The molecule has 1 aromatic carbocycles. The number of methoxy groups -OCH3 is 2. The third-order valence-corrected chi connectivity index (χ3v) is 3.17. The average Bonchev–Trinajstić information content (AvgIpc) is 3.19. The maximum absolute atomic E-state index is 11.8. The van der Waals surface area contributed by atoms with E-state index in [4.69, 9.17) is 18.6 Å². The van der Waals surface area contributed by atoms with Crippen LogP contribution in [0.2, 0.25) is 0 Å². The van der Waals surface area contributed by atoms with E-state index in [1.165, 1.54) is 26.5 Å². The first-order valence-electron chi connectivity index (χ1n) is 7.52. The zero-order chi connectivity index (χ0) is 18.9. The second-order valence-electron chi connectivity index (χ2n) is 4.94. The van der Waals surface area contributed by atoms with Crippen LogP contribution in [-0.2, 0) is 14.3 Å². The van der Waals surface area contributed by atoms with Crippen LogP contribution in [0.4, 0.5) is 5.69 Å². The summed E-state index contributed by atoms with van der Waals surface area (Å²) in [6, 6.07) is 7.82. The van der Waals surface area contributed by atoms with Gasteiger partial charge in [-0.3, -0.25) is 14.4 Å². The minimum atomic E-state index is -0.757. The summed E-state index contributed by atoms with van der Waals surface area (Å²) in [6.45, 7) is -0.882. The number of esters is 1. The number of carbonyl (C=O) groups is 3. The van der Waals surface area contributed by atoms with Crippen LogP contribution in [0.3, 0.4) is 0 Å². The topological polar surface area (TPSA) is 116 Å². The van der Waals surface area contributed by atoms with Gasteiger partial charge in [-0.2, -0.15) is 0 Å². The lowest BCUT2D eigenvalue weighted by Crippen LogP contribution is -2.32. The van der Waals surface area contributed by atoms with E-state index in [0.717, 1.165) is 0 Å². The molecule has 9 heteroatoms. The Hall–Kier alpha value is -3.49. The molecule has 0 saturated heterocycles. The third kappa shape index (κ3) is 5.26. The number of rotatable bonds is 8. The highest BCUT2D eigenvalue weighted by Crippen LogP contribution is 2.29. The first kappa shape index (κ1) is 18.8. The summed E-state index contributed by atoms with van der Waals surface area (Å²) in [7, 11) is 2.97. The fourth-order valence-electron chi connectivity index (χ4n) is 1.96. The van der Waals surface area contributed by atoms with Crippen LogP contribution in [0.1, 0.15) is 10.6 Å². The molecular weight excluding hydrogens is 344 g/mol. The van der Waals surface area contributed by atoms with Crippen molar-refractivity contribution >= 4 is 23.5 Å². The zero-order valence-electron chi connectivity index (χ0n) is 14.2. The number of anilines is 1. The molecule has 0 atom stereocenters. The minimum Gasteiger partial charge on any atom is -0.493 e. The largest absolute Gasteiger partial charge is 0.493 e. The molecule has 2 N–H and O–H groups in total. The molecule has 2 amide bonds. The predicted molar refractivity (Wildman–Crippen MR) is 90.2 cm³/mol. The number of furan rings is 1. The Bertz CT molecular complexity index is 771. The molecule has 0 spiro atoms. The van der Waals surface area contributed by atoms with Crippen molar-refractivity contribution in [3.8, 4) is 11.5 Å². The van der Waals surface area contributed by atoms with Crippen molar-refractivity contribution in [3.05, 3.63) is 42.4 Å². The van der Waals surface area contributed by atoms with E-state index < -0.39 is 24.4 Å². The summed E-state index contributed by atoms with van der Waals surface area (Å²) in [5, 5.41) is 4.87. The summed E-state index contributed by atoms with van der Waals surface area (Å²) in [4.78, 5) is 35.0. The number of nitrogens with one attached hydrogen (secondary N) is 2. The molecule has 2 aromatic rings. The molecule has 0 radical (unpaired) electrons. The van der Waals surface area contributed by atoms with Gasteiger partial charge in [0.05, 0.1) is 20.5 Å². The Balaban J connectivity index is 1.76. The van der Waals surface area contributed by atoms with Gasteiger partial charge in [-0.1, -0.05) is 0 Å². The molecule has 9 nitrogen and oxygen atoms in total. The fourth-order valence-corrected chi connectivity index (χ4v) is 1.96. The molecule has 0 aliphatic carbocycles. The van der Waals surface area contributed by atoms with E-state index in [9.17, 15) is 14.4 Å². The van der Waals surface area contributed by atoms with Gasteiger partial charge in [-0.25, -0.2) is 0 Å². The Morgan fingerprint density at radius 3 is 2.50 bits per heavy atom. The average molecular weight is 362 g/mol. The molecule has 0 fully saturated rings. The quantitative estimate of drug-likeness (QED) is 0.678. The van der Waals surface area contributed by atoms with Crippen molar-refractivity contribution in [1.29, 1.82) is 0 Å². The maximum atomic E-state index is 11.8. The van der Waals surface area contributed by atoms with Gasteiger partial charge in [0.2, 0.25) is 0 Å². The second-order valence-corrected chi connectivity index (χ2v) is 4.94. The van der Waals surface area contributed by atoms with Crippen LogP contribution in [0.5, 0.6) is 11.5 Å². The van der Waals surface area contributed by atoms with Crippen molar-refractivity contribution in [2.24, 2.45) is 0 Å². The monoisotopic (exact) mass is 362 g/mol. The van der Waals surface area contributed by atoms with Crippen molar-refractivity contribution in [3.63, 3.8) is 0 Å². The SMILES string of the molecule is COc1ccc(NC(=O)COC(=O)CNC(=O)c2ccco2)cc1OC. The molecule has 0 saturated carbocycles. The Morgan fingerprint density at radius 1 is 1.08 bits per heavy atom. The highest BCUT2D eigenvalue weighted by atomic mass is 16.5. The van der Waals surface area contributed by atoms with Gasteiger partial charge < -0.3 is 29.3 Å². The standard InChI is InChI=1S/C17H18N2O7/c1-23-12-6-5-11(8-14(12)24-2)19-15(20)10-26-16(21)9-18-17(22)13-4-3-7-25-13/h3-8H,9-10H2,1-2H3,(H,18,22)(H,19,20). The number of benzene rings is 1. The lowest BCUT2D eigenvalue weighted by Gasteiger charge is -2.11. The van der Waals surface area contributed by atoms with Gasteiger partial charge in [0.25, 0.3) is 11.8 Å². The van der Waals surface area contributed by atoms with E-state index in [1.807, 2.05) is 0 Å². The van der Waals surface area contributed by atoms with Crippen LogP contribution in [0.25, 0.3) is 0 Å². The van der Waals surface area contributed by atoms with Crippen LogP contribution in [0.15, 0.2) is 41.0 Å². The summed E-state index contributed by atoms with van der Waals surface area (Å²) in [5.41, 5.74) is 0.454. The van der Waals surface area contributed by atoms with Crippen molar-refractivity contribution < 1.29 is 33.0 Å². The number of carbonyl (C=O) groups excluding carboxylic acids is 3. The molecule has 138 valence electrons. The van der Waals surface area contributed by atoms with Gasteiger partial charge in [-0.15, -0.1) is 0 Å². The number of hydrogen-bond donors (Lipinski definition) is 2. The number of ether oxygens (including phenoxy) is 3. The van der Waals surface area contributed by atoms with E-state index in [1.54, 1.807) is 24.3 Å². The van der Waals surface area contributed by atoms with E-state index in [2.05, 4.69) is 10.6 Å². The summed E-state index contributed by atoms with van der Waals surface area (Å²) in [5.74, 6) is -0.812. The van der Waals surface area contributed by atoms with Crippen molar-refractivity contribution in [1.82, 2.24) is 5.32 Å². The molecule has 1 aromatic heterocycles. The third-order valence-electron chi connectivity index (χ3n) is 3.17. The summed E-state index contributed by atoms with van der Waals surface area (Å²) < 4.78 is 19.9. The fraction of sp³-hybridized carbons (Fsp3) is 0.235. The molecule has 0 aliphatic heterocycles. The molecule has 1 heterocycles. The van der Waals surface area contributed by atoms with Gasteiger partial charge >= 0.3 is 5.97 Å². The van der Waals surface area contributed by atoms with Crippen LogP contribution < -0.4 is 20.1 Å². The lowest BCUT2D eigenvalue weighted by molar-refractivity contribution is -0.146. The number of hydrogen-bond acceptors (Lipinski definition) is 7. The van der Waals surface area contributed by atoms with E-state index in [-0.39, 0.29) is 12.3 Å². The van der Waals surface area contributed by atoms with Crippen LogP contribution >= 0.6 is 0 Å². The van der Waals surface area contributed by atoms with Gasteiger partial charge in [0, 0.05) is 11.8 Å². The Labute approximate surface area is 149 Å². The van der Waals surface area contributed by atoms with E-state index >= 15 is 0 Å². The lowest BCUT2D eigenvalue weighted by atomic mass is 10.2. The van der Waals surface area contributed by atoms with Crippen LogP contribution in [0, 0.1) is 0 Å². The zero-order valence-corrected chi connectivity index (χ0v) is 14.2. The second kappa shape index (κ2) is 9.11. The highest BCUT2D eigenvalue weighted by molar-refractivity contribution is 5.95. The molecule has 26 heavy (non-hydrogen) atoms. The van der Waals surface area contributed by atoms with Gasteiger partial charge in [0.1, 0.15) is 6.54 Å². The Morgan fingerprint density at radius 2 is 1.85 bits per heavy atom. The molecule has 0 aliphatic rings. The van der Waals surface area contributed by atoms with Crippen molar-refractivity contribution in [2.75, 3.05) is 32.7 Å². The normalized spacial score (nSPS) is 9.92. The Kier molecular flexibility index (Phi) is 6.60. The van der Waals surface area contributed by atoms with Gasteiger partial charge in [0.15, 0.2) is 23.9 Å². The van der Waals surface area contributed by atoms with Crippen molar-refractivity contribution in [2.45, 2.75) is 0 Å². The molecule has 2 rings (SSSR count). The van der Waals surface area contributed by atoms with Gasteiger partial charge in [-0.05, 0) is 24.3 Å². The molecule has 0 unspecified atom stereocenters. The number of amides is 2. The van der Waals surface area contributed by atoms with E-state index in [0.29, 0.717) is 17.2 Å². The minimum absolute atomic E-state index is 0.0731. The smallest absolute Gasteiger partial charge is 0.325 e. The molecular formula is C17H18N2O7. The predicted octanol–water partition coefficient (Wildman–Crippen LogP) is 1.21. The maximum Gasteiger partial charge on any atom is 0.325 e. The first-order valence-corrected chi connectivity index (χ1v) is 7.52. The highest BCUT2D eigenvalue weighted by Gasteiger charge is 2.13. The van der Waals surface area contributed by atoms with Crippen LogP contribution in [-0.4, -0.2) is 45.2 Å². The molecule has 0 bridgehead atoms.